The molecule has 0 unspecified atom stereocenters. The fraction of sp³-hybridized carbons (Fsp3) is 0.417. The summed E-state index contributed by atoms with van der Waals surface area (Å²) >= 11 is 2.94. The number of carbonyl (C=O) groups excluding carboxylic acids is 1. The molecule has 0 spiro atoms. The van der Waals surface area contributed by atoms with E-state index in [9.17, 15) is 13.6 Å². The molecule has 94 valence electrons. The number of benzene rings is 1. The molecule has 1 aromatic carbocycles. The van der Waals surface area contributed by atoms with E-state index in [-0.39, 0.29) is 4.47 Å². The third-order valence-corrected chi connectivity index (χ3v) is 3.56. The molecule has 0 saturated heterocycles. The van der Waals surface area contributed by atoms with Gasteiger partial charge < -0.3 is 0 Å². The molecular weight excluding hydrogens is 292 g/mol. The number of likely N-dealkylation sites (N-methyl/N-ethyl adjacent to an activating group) is 1. The number of Topliss-reactive ketones (excluding diaryl/α,β-unsaturated/α-hetero) is 1. The number of carbonyl (C=O) groups is 1. The standard InChI is InChI=1S/C12H14BrF2NO/c1-12(2,16(3)4)11(17)9-8(14)6-5-7(13)10(9)15/h5-6H,1-4H3. The van der Waals surface area contributed by atoms with Gasteiger partial charge in [0.2, 0.25) is 0 Å². The average molecular weight is 306 g/mol. The molecule has 0 aliphatic heterocycles. The van der Waals surface area contributed by atoms with Crippen LogP contribution in [0.4, 0.5) is 8.78 Å². The quantitative estimate of drug-likeness (QED) is 0.631. The van der Waals surface area contributed by atoms with Gasteiger partial charge in [-0.15, -0.1) is 0 Å². The van der Waals surface area contributed by atoms with Gasteiger partial charge in [-0.1, -0.05) is 0 Å². The maximum Gasteiger partial charge on any atom is 0.188 e. The van der Waals surface area contributed by atoms with Gasteiger partial charge in [-0.2, -0.15) is 0 Å². The van der Waals surface area contributed by atoms with E-state index < -0.39 is 28.5 Å². The van der Waals surface area contributed by atoms with E-state index in [4.69, 9.17) is 0 Å². The fourth-order valence-corrected chi connectivity index (χ4v) is 1.57. The molecule has 5 heteroatoms. The molecule has 0 radical (unpaired) electrons. The molecule has 0 N–H and O–H groups in total. The van der Waals surface area contributed by atoms with Crippen LogP contribution in [0.2, 0.25) is 0 Å². The molecule has 0 atom stereocenters. The van der Waals surface area contributed by atoms with Crippen LogP contribution in [-0.4, -0.2) is 30.3 Å². The summed E-state index contributed by atoms with van der Waals surface area (Å²) in [6, 6.07) is 2.32. The van der Waals surface area contributed by atoms with Crippen LogP contribution in [0.15, 0.2) is 16.6 Å². The van der Waals surface area contributed by atoms with Crippen molar-refractivity contribution in [2.24, 2.45) is 0 Å². The summed E-state index contributed by atoms with van der Waals surface area (Å²) in [7, 11) is 3.37. The number of hydrogen-bond donors (Lipinski definition) is 0. The minimum Gasteiger partial charge on any atom is -0.297 e. The molecule has 0 amide bonds. The summed E-state index contributed by atoms with van der Waals surface area (Å²) in [5.41, 5.74) is -1.47. The van der Waals surface area contributed by atoms with Crippen molar-refractivity contribution >= 4 is 21.7 Å². The molecule has 1 rings (SSSR count). The predicted octanol–water partition coefficient (Wildman–Crippen LogP) is 3.25. The Morgan fingerprint density at radius 1 is 1.29 bits per heavy atom. The summed E-state index contributed by atoms with van der Waals surface area (Å²) in [4.78, 5) is 13.8. The van der Waals surface area contributed by atoms with Gasteiger partial charge in [-0.05, 0) is 56.0 Å². The predicted molar refractivity (Wildman–Crippen MR) is 66.2 cm³/mol. The summed E-state index contributed by atoms with van der Waals surface area (Å²) in [6.07, 6.45) is 0. The zero-order chi connectivity index (χ0) is 13.4. The number of halogens is 3. The molecule has 0 aliphatic rings. The van der Waals surface area contributed by atoms with Gasteiger partial charge in [0.25, 0.3) is 0 Å². The second-order valence-corrected chi connectivity index (χ2v) is 5.36. The highest BCUT2D eigenvalue weighted by Crippen LogP contribution is 2.26. The summed E-state index contributed by atoms with van der Waals surface area (Å²) in [6.45, 7) is 3.24. The molecule has 0 heterocycles. The monoisotopic (exact) mass is 305 g/mol. The Balaban J connectivity index is 3.36. The Morgan fingerprint density at radius 2 is 1.82 bits per heavy atom. The van der Waals surface area contributed by atoms with Crippen LogP contribution in [0, 0.1) is 11.6 Å². The highest BCUT2D eigenvalue weighted by molar-refractivity contribution is 9.10. The molecule has 0 fully saturated rings. The van der Waals surface area contributed by atoms with Crippen molar-refractivity contribution in [3.8, 4) is 0 Å². The van der Waals surface area contributed by atoms with E-state index in [2.05, 4.69) is 15.9 Å². The largest absolute Gasteiger partial charge is 0.297 e. The van der Waals surface area contributed by atoms with Crippen molar-refractivity contribution in [1.82, 2.24) is 4.90 Å². The summed E-state index contributed by atoms with van der Waals surface area (Å²) in [5.74, 6) is -2.28. The van der Waals surface area contributed by atoms with Gasteiger partial charge in [0, 0.05) is 0 Å². The highest BCUT2D eigenvalue weighted by Gasteiger charge is 2.35. The molecule has 0 aromatic heterocycles. The van der Waals surface area contributed by atoms with Crippen LogP contribution in [0.25, 0.3) is 0 Å². The lowest BCUT2D eigenvalue weighted by molar-refractivity contribution is 0.0746. The minimum atomic E-state index is -0.970. The van der Waals surface area contributed by atoms with Crippen molar-refractivity contribution in [3.63, 3.8) is 0 Å². The minimum absolute atomic E-state index is 0.0804. The second-order valence-electron chi connectivity index (χ2n) is 4.50. The van der Waals surface area contributed by atoms with Gasteiger partial charge in [-0.3, -0.25) is 9.69 Å². The van der Waals surface area contributed by atoms with E-state index in [0.29, 0.717) is 0 Å². The Bertz CT molecular complexity index is 458. The molecule has 17 heavy (non-hydrogen) atoms. The Kier molecular flexibility index (Phi) is 4.04. The third-order valence-electron chi connectivity index (χ3n) is 2.94. The molecule has 0 bridgehead atoms. The van der Waals surface area contributed by atoms with Gasteiger partial charge in [0.05, 0.1) is 15.6 Å². The summed E-state index contributed by atoms with van der Waals surface area (Å²) in [5, 5.41) is 0. The first kappa shape index (κ1) is 14.3. The smallest absolute Gasteiger partial charge is 0.188 e. The van der Waals surface area contributed by atoms with Crippen molar-refractivity contribution in [3.05, 3.63) is 33.8 Å². The third kappa shape index (κ3) is 2.55. The Labute approximate surface area is 108 Å². The van der Waals surface area contributed by atoms with Gasteiger partial charge >= 0.3 is 0 Å². The van der Waals surface area contributed by atoms with Gasteiger partial charge in [0.15, 0.2) is 11.6 Å². The average Bonchev–Trinajstić information content (AvgIpc) is 2.23. The molecule has 2 nitrogen and oxygen atoms in total. The molecular formula is C12H14BrF2NO. The van der Waals surface area contributed by atoms with Gasteiger partial charge in [-0.25, -0.2) is 8.78 Å². The van der Waals surface area contributed by atoms with Crippen LogP contribution in [0.3, 0.4) is 0 Å². The maximum absolute atomic E-state index is 13.8. The van der Waals surface area contributed by atoms with Crippen molar-refractivity contribution in [2.75, 3.05) is 14.1 Å². The summed E-state index contributed by atoms with van der Waals surface area (Å²) < 4.78 is 27.4. The van der Waals surface area contributed by atoms with Crippen molar-refractivity contribution < 1.29 is 13.6 Å². The van der Waals surface area contributed by atoms with Crippen LogP contribution in [0.5, 0.6) is 0 Å². The van der Waals surface area contributed by atoms with E-state index in [0.717, 1.165) is 6.07 Å². The molecule has 1 aromatic rings. The second kappa shape index (κ2) is 4.82. The lowest BCUT2D eigenvalue weighted by Gasteiger charge is -2.31. The van der Waals surface area contributed by atoms with Crippen molar-refractivity contribution in [1.29, 1.82) is 0 Å². The van der Waals surface area contributed by atoms with Crippen LogP contribution >= 0.6 is 15.9 Å². The topological polar surface area (TPSA) is 20.3 Å². The van der Waals surface area contributed by atoms with E-state index in [1.54, 1.807) is 32.8 Å². The first-order chi connectivity index (χ1) is 7.69. The molecule has 0 aliphatic carbocycles. The zero-order valence-electron chi connectivity index (χ0n) is 10.1. The van der Waals surface area contributed by atoms with Crippen molar-refractivity contribution in [2.45, 2.75) is 19.4 Å². The van der Waals surface area contributed by atoms with Crippen LogP contribution < -0.4 is 0 Å². The Hall–Kier alpha value is -0.810. The maximum atomic E-state index is 13.8. The number of nitrogens with zero attached hydrogens (tertiary/aromatic N) is 1. The first-order valence-corrected chi connectivity index (χ1v) is 5.84. The number of ketones is 1. The number of hydrogen-bond acceptors (Lipinski definition) is 2. The van der Waals surface area contributed by atoms with E-state index in [1.807, 2.05) is 0 Å². The van der Waals surface area contributed by atoms with E-state index >= 15 is 0 Å². The molecule has 0 saturated carbocycles. The van der Waals surface area contributed by atoms with E-state index in [1.165, 1.54) is 6.07 Å². The Morgan fingerprint density at radius 3 is 2.29 bits per heavy atom. The van der Waals surface area contributed by atoms with Crippen LogP contribution in [-0.2, 0) is 0 Å². The lowest BCUT2D eigenvalue weighted by atomic mass is 9.91. The highest BCUT2D eigenvalue weighted by atomic mass is 79.9. The van der Waals surface area contributed by atoms with Gasteiger partial charge in [0.1, 0.15) is 5.82 Å². The SMILES string of the molecule is CN(C)C(C)(C)C(=O)c1c(F)ccc(Br)c1F. The normalized spacial score (nSPS) is 12.0. The van der Waals surface area contributed by atoms with Crippen LogP contribution in [0.1, 0.15) is 24.2 Å². The number of rotatable bonds is 3. The first-order valence-electron chi connectivity index (χ1n) is 5.05. The zero-order valence-corrected chi connectivity index (χ0v) is 11.7. The lowest BCUT2D eigenvalue weighted by Crippen LogP contribution is -2.46. The fourth-order valence-electron chi connectivity index (χ4n) is 1.24.